The van der Waals surface area contributed by atoms with Crippen LogP contribution in [-0.2, 0) is 4.79 Å². The first-order valence-electron chi connectivity index (χ1n) is 5.16. The highest BCUT2D eigenvalue weighted by Crippen LogP contribution is 2.40. The molecular formula is C10H26N2O2P+. The summed E-state index contributed by atoms with van der Waals surface area (Å²) in [5.74, 6) is -0.933. The summed E-state index contributed by atoms with van der Waals surface area (Å²) in [5, 5.41) is 8.33. The normalized spacial score (nSPS) is 12.7. The fourth-order valence-electron chi connectivity index (χ4n) is 0.632. The molecule has 0 fully saturated rings. The molecule has 0 radical (unpaired) electrons. The Kier molecular flexibility index (Phi) is 10.4. The third kappa shape index (κ3) is 24.8. The number of unbranched alkanes of at least 4 members (excludes halogenated alkanes) is 1. The molecule has 0 bridgehead atoms. The number of carboxylic acid groups (broad SMARTS) is 1. The number of rotatable bonds is 5. The quantitative estimate of drug-likeness (QED) is 0.492. The standard InChI is InChI=1S/C6H14N2O2.C4H12P/c7-4-2-1-3-5(8)6(9)10;1-5(2,3)4/h5H,1-4,7-8H2,(H,9,10);1-4H3/q;+1. The summed E-state index contributed by atoms with van der Waals surface area (Å²) >= 11 is 0. The van der Waals surface area contributed by atoms with Gasteiger partial charge < -0.3 is 16.6 Å². The van der Waals surface area contributed by atoms with Crippen LogP contribution in [-0.4, -0.2) is 50.3 Å². The molecule has 0 aliphatic heterocycles. The molecule has 1 atom stereocenters. The van der Waals surface area contributed by atoms with Crippen LogP contribution in [0.5, 0.6) is 0 Å². The first-order chi connectivity index (χ1) is 6.68. The SMILES string of the molecule is C[P+](C)(C)C.NCCCCC(N)C(=O)O. The molecule has 0 aliphatic carbocycles. The summed E-state index contributed by atoms with van der Waals surface area (Å²) in [6.07, 6.45) is 2.16. The summed E-state index contributed by atoms with van der Waals surface area (Å²) in [6.45, 7) is 9.80. The van der Waals surface area contributed by atoms with Crippen LogP contribution in [0.15, 0.2) is 0 Å². The van der Waals surface area contributed by atoms with Crippen LogP contribution in [0.3, 0.4) is 0 Å². The molecule has 0 aromatic rings. The van der Waals surface area contributed by atoms with Crippen LogP contribution in [0.25, 0.3) is 0 Å². The van der Waals surface area contributed by atoms with E-state index in [0.29, 0.717) is 13.0 Å². The lowest BCUT2D eigenvalue weighted by molar-refractivity contribution is -0.138. The van der Waals surface area contributed by atoms with Crippen molar-refractivity contribution in [2.45, 2.75) is 25.3 Å². The fourth-order valence-corrected chi connectivity index (χ4v) is 0.632. The topological polar surface area (TPSA) is 89.3 Å². The number of aliphatic carboxylic acids is 1. The molecule has 0 aliphatic rings. The second-order valence-electron chi connectivity index (χ2n) is 4.91. The van der Waals surface area contributed by atoms with E-state index >= 15 is 0 Å². The highest BCUT2D eigenvalue weighted by Gasteiger charge is 2.09. The van der Waals surface area contributed by atoms with Crippen molar-refractivity contribution in [3.8, 4) is 0 Å². The van der Waals surface area contributed by atoms with Crippen LogP contribution < -0.4 is 11.5 Å². The van der Waals surface area contributed by atoms with Crippen molar-refractivity contribution in [3.05, 3.63) is 0 Å². The van der Waals surface area contributed by atoms with Gasteiger partial charge in [0.15, 0.2) is 0 Å². The van der Waals surface area contributed by atoms with Gasteiger partial charge in [-0.3, -0.25) is 4.79 Å². The van der Waals surface area contributed by atoms with Gasteiger partial charge in [0.2, 0.25) is 0 Å². The molecule has 0 saturated heterocycles. The van der Waals surface area contributed by atoms with Crippen molar-refractivity contribution < 1.29 is 9.90 Å². The largest absolute Gasteiger partial charge is 0.480 e. The van der Waals surface area contributed by atoms with E-state index in [1.54, 1.807) is 0 Å². The first kappa shape index (κ1) is 17.2. The van der Waals surface area contributed by atoms with Gasteiger partial charge in [0.25, 0.3) is 0 Å². The molecule has 92 valence electrons. The van der Waals surface area contributed by atoms with E-state index < -0.39 is 12.0 Å². The molecule has 0 aromatic heterocycles. The lowest BCUT2D eigenvalue weighted by Gasteiger charge is -2.03. The van der Waals surface area contributed by atoms with E-state index in [0.717, 1.165) is 12.8 Å². The van der Waals surface area contributed by atoms with Gasteiger partial charge in [0.05, 0.1) is 0 Å². The third-order valence-electron chi connectivity index (χ3n) is 1.29. The third-order valence-corrected chi connectivity index (χ3v) is 1.29. The Hall–Kier alpha value is -0.180. The zero-order valence-corrected chi connectivity index (χ0v) is 11.3. The number of hydrogen-bond acceptors (Lipinski definition) is 3. The molecule has 0 aromatic carbocycles. The average Bonchev–Trinajstić information content (AvgIpc) is 2.01. The highest BCUT2D eigenvalue weighted by molar-refractivity contribution is 7.73. The number of carboxylic acids is 1. The minimum Gasteiger partial charge on any atom is -0.480 e. The van der Waals surface area contributed by atoms with Gasteiger partial charge in [-0.05, 0) is 19.4 Å². The van der Waals surface area contributed by atoms with E-state index in [1.807, 2.05) is 0 Å². The van der Waals surface area contributed by atoms with E-state index in [9.17, 15) is 4.79 Å². The van der Waals surface area contributed by atoms with Crippen molar-refractivity contribution in [2.24, 2.45) is 11.5 Å². The van der Waals surface area contributed by atoms with E-state index in [4.69, 9.17) is 16.6 Å². The van der Waals surface area contributed by atoms with Crippen LogP contribution in [0.2, 0.25) is 0 Å². The molecule has 1 unspecified atom stereocenters. The van der Waals surface area contributed by atoms with Gasteiger partial charge in [-0.1, -0.05) is 6.42 Å². The molecule has 4 nitrogen and oxygen atoms in total. The Morgan fingerprint density at radius 1 is 1.27 bits per heavy atom. The lowest BCUT2D eigenvalue weighted by Crippen LogP contribution is -2.29. The summed E-state index contributed by atoms with van der Waals surface area (Å²) in [5.41, 5.74) is 10.4. The van der Waals surface area contributed by atoms with Gasteiger partial charge in [-0.2, -0.15) is 0 Å². The van der Waals surface area contributed by atoms with Gasteiger partial charge in [0, 0.05) is 33.9 Å². The molecule has 0 heterocycles. The summed E-state index contributed by atoms with van der Waals surface area (Å²) in [7, 11) is -0.389. The van der Waals surface area contributed by atoms with Gasteiger partial charge in [-0.25, -0.2) is 0 Å². The lowest BCUT2D eigenvalue weighted by atomic mass is 10.1. The van der Waals surface area contributed by atoms with Crippen LogP contribution in [0, 0.1) is 0 Å². The Labute approximate surface area is 93.7 Å². The van der Waals surface area contributed by atoms with Crippen molar-refractivity contribution >= 4 is 13.2 Å². The van der Waals surface area contributed by atoms with E-state index in [1.165, 1.54) is 0 Å². The number of hydrogen-bond donors (Lipinski definition) is 3. The minimum absolute atomic E-state index is 0.389. The van der Waals surface area contributed by atoms with E-state index in [2.05, 4.69) is 26.7 Å². The minimum atomic E-state index is -0.933. The van der Waals surface area contributed by atoms with Crippen molar-refractivity contribution in [3.63, 3.8) is 0 Å². The maximum Gasteiger partial charge on any atom is 0.320 e. The second kappa shape index (κ2) is 9.08. The number of carbonyl (C=O) groups is 1. The molecule has 0 amide bonds. The summed E-state index contributed by atoms with van der Waals surface area (Å²) < 4.78 is 0. The maximum atomic E-state index is 10.1. The predicted octanol–water partition coefficient (Wildman–Crippen LogP) is 1.05. The van der Waals surface area contributed by atoms with Crippen molar-refractivity contribution in [2.75, 3.05) is 33.2 Å². The maximum absolute atomic E-state index is 10.1. The fraction of sp³-hybridized carbons (Fsp3) is 0.900. The summed E-state index contributed by atoms with van der Waals surface area (Å²) in [6, 6.07) is -0.716. The van der Waals surface area contributed by atoms with Crippen LogP contribution in [0.4, 0.5) is 0 Å². The summed E-state index contributed by atoms with van der Waals surface area (Å²) in [4.78, 5) is 10.1. The molecule has 5 N–H and O–H groups in total. The smallest absolute Gasteiger partial charge is 0.320 e. The van der Waals surface area contributed by atoms with Crippen molar-refractivity contribution in [1.82, 2.24) is 0 Å². The first-order valence-corrected chi connectivity index (χ1v) is 8.73. The molecule has 5 heteroatoms. The molecule has 15 heavy (non-hydrogen) atoms. The average molecular weight is 237 g/mol. The van der Waals surface area contributed by atoms with Crippen LogP contribution in [0.1, 0.15) is 19.3 Å². The molecule has 0 rings (SSSR count). The van der Waals surface area contributed by atoms with Crippen LogP contribution >= 0.6 is 7.26 Å². The Morgan fingerprint density at radius 2 is 1.67 bits per heavy atom. The Bertz CT molecular complexity index is 163. The zero-order chi connectivity index (χ0) is 12.5. The predicted molar refractivity (Wildman–Crippen MR) is 69.1 cm³/mol. The Morgan fingerprint density at radius 3 is 1.93 bits per heavy atom. The molecule has 0 spiro atoms. The van der Waals surface area contributed by atoms with Crippen molar-refractivity contribution in [1.29, 1.82) is 0 Å². The monoisotopic (exact) mass is 237 g/mol. The zero-order valence-electron chi connectivity index (χ0n) is 10.4. The van der Waals surface area contributed by atoms with Gasteiger partial charge >= 0.3 is 5.97 Å². The second-order valence-corrected chi connectivity index (χ2v) is 10.3. The molecular weight excluding hydrogens is 211 g/mol. The molecule has 0 saturated carbocycles. The van der Waals surface area contributed by atoms with E-state index in [-0.39, 0.29) is 7.26 Å². The van der Waals surface area contributed by atoms with Gasteiger partial charge in [0.1, 0.15) is 6.04 Å². The van der Waals surface area contributed by atoms with Gasteiger partial charge in [-0.15, -0.1) is 0 Å². The number of nitrogens with two attached hydrogens (primary N) is 2. The Balaban J connectivity index is 0. The highest BCUT2D eigenvalue weighted by atomic mass is 31.2.